The Morgan fingerprint density at radius 2 is 1.78 bits per heavy atom. The van der Waals surface area contributed by atoms with Crippen molar-refractivity contribution >= 4 is 0 Å². The number of halogens is 2. The van der Waals surface area contributed by atoms with Gasteiger partial charge < -0.3 is 9.52 Å². The van der Waals surface area contributed by atoms with Gasteiger partial charge in [-0.25, -0.2) is 8.78 Å². The van der Waals surface area contributed by atoms with E-state index in [-0.39, 0.29) is 5.56 Å². The Bertz CT molecular complexity index is 588. The van der Waals surface area contributed by atoms with Crippen LogP contribution in [0.15, 0.2) is 22.6 Å². The lowest BCUT2D eigenvalue weighted by molar-refractivity contribution is 0.210. The molecule has 1 atom stereocenters. The third-order valence-electron chi connectivity index (χ3n) is 3.17. The van der Waals surface area contributed by atoms with E-state index in [0.717, 1.165) is 11.6 Å². The minimum Gasteiger partial charge on any atom is -0.466 e. The molecule has 96 valence electrons. The van der Waals surface area contributed by atoms with Crippen LogP contribution in [0, 0.1) is 32.4 Å². The number of benzene rings is 1. The van der Waals surface area contributed by atoms with E-state index in [1.807, 2.05) is 0 Å². The van der Waals surface area contributed by atoms with Crippen molar-refractivity contribution in [3.05, 3.63) is 58.0 Å². The van der Waals surface area contributed by atoms with Crippen molar-refractivity contribution in [3.63, 3.8) is 0 Å². The van der Waals surface area contributed by atoms with Crippen LogP contribution in [-0.2, 0) is 0 Å². The molecule has 4 heteroatoms. The number of furan rings is 1. The fraction of sp³-hybridized carbons (Fsp3) is 0.286. The molecule has 1 N–H and O–H groups in total. The van der Waals surface area contributed by atoms with Gasteiger partial charge >= 0.3 is 0 Å². The summed E-state index contributed by atoms with van der Waals surface area (Å²) in [4.78, 5) is 0. The normalized spacial score (nSPS) is 12.8. The van der Waals surface area contributed by atoms with Crippen LogP contribution in [0.2, 0.25) is 0 Å². The molecule has 1 aromatic heterocycles. The minimum absolute atomic E-state index is 0.0815. The molecule has 1 aromatic carbocycles. The van der Waals surface area contributed by atoms with Crippen molar-refractivity contribution in [1.29, 1.82) is 0 Å². The van der Waals surface area contributed by atoms with Crippen molar-refractivity contribution in [2.75, 3.05) is 0 Å². The molecule has 0 fully saturated rings. The van der Waals surface area contributed by atoms with Crippen molar-refractivity contribution in [3.8, 4) is 0 Å². The van der Waals surface area contributed by atoms with Crippen molar-refractivity contribution < 1.29 is 18.3 Å². The molecule has 1 heterocycles. The summed E-state index contributed by atoms with van der Waals surface area (Å²) in [7, 11) is 0. The number of rotatable bonds is 2. The molecular weight excluding hydrogens is 238 g/mol. The van der Waals surface area contributed by atoms with Gasteiger partial charge in [-0.1, -0.05) is 12.1 Å². The molecule has 0 aliphatic heterocycles. The van der Waals surface area contributed by atoms with E-state index in [1.54, 1.807) is 20.8 Å². The smallest absolute Gasteiger partial charge is 0.164 e. The molecule has 0 saturated carbocycles. The molecule has 2 rings (SSSR count). The highest BCUT2D eigenvalue weighted by atomic mass is 19.2. The fourth-order valence-corrected chi connectivity index (χ4v) is 2.10. The molecular formula is C14H14F2O2. The highest BCUT2D eigenvalue weighted by Gasteiger charge is 2.24. The van der Waals surface area contributed by atoms with E-state index in [4.69, 9.17) is 4.42 Å². The van der Waals surface area contributed by atoms with E-state index in [2.05, 4.69) is 0 Å². The second-order valence-corrected chi connectivity index (χ2v) is 4.30. The molecule has 0 saturated heterocycles. The zero-order valence-electron chi connectivity index (χ0n) is 10.4. The molecule has 0 radical (unpaired) electrons. The van der Waals surface area contributed by atoms with Crippen LogP contribution in [0.25, 0.3) is 0 Å². The average Bonchev–Trinajstić information content (AvgIpc) is 2.56. The lowest BCUT2D eigenvalue weighted by Crippen LogP contribution is -2.06. The van der Waals surface area contributed by atoms with Gasteiger partial charge in [0.15, 0.2) is 11.6 Å². The summed E-state index contributed by atoms with van der Waals surface area (Å²) in [5, 5.41) is 10.2. The maximum absolute atomic E-state index is 13.6. The van der Waals surface area contributed by atoms with Gasteiger partial charge in [-0.3, -0.25) is 0 Å². The zero-order valence-corrected chi connectivity index (χ0v) is 10.4. The standard InChI is InChI=1S/C14H14F2O2/c1-7-8(2)18-9(3)12(7)14(17)10-5-4-6-11(15)13(10)16/h4-6,14,17H,1-3H3. The summed E-state index contributed by atoms with van der Waals surface area (Å²) in [5.74, 6) is -0.816. The van der Waals surface area contributed by atoms with Gasteiger partial charge in [0.2, 0.25) is 0 Å². The highest BCUT2D eigenvalue weighted by molar-refractivity contribution is 5.39. The van der Waals surface area contributed by atoms with Crippen molar-refractivity contribution in [1.82, 2.24) is 0 Å². The van der Waals surface area contributed by atoms with Gasteiger partial charge in [-0.2, -0.15) is 0 Å². The summed E-state index contributed by atoms with van der Waals surface area (Å²) < 4.78 is 32.2. The number of aliphatic hydroxyl groups is 1. The minimum atomic E-state index is -1.22. The maximum Gasteiger partial charge on any atom is 0.164 e. The first-order valence-corrected chi connectivity index (χ1v) is 5.62. The molecule has 0 amide bonds. The predicted molar refractivity (Wildman–Crippen MR) is 63.3 cm³/mol. The van der Waals surface area contributed by atoms with Gasteiger partial charge in [0.05, 0.1) is 0 Å². The zero-order chi connectivity index (χ0) is 13.4. The van der Waals surface area contributed by atoms with Crippen LogP contribution in [0.5, 0.6) is 0 Å². The van der Waals surface area contributed by atoms with Crippen LogP contribution in [-0.4, -0.2) is 5.11 Å². The fourth-order valence-electron chi connectivity index (χ4n) is 2.10. The second kappa shape index (κ2) is 4.53. The Balaban J connectivity index is 2.54. The van der Waals surface area contributed by atoms with Crippen molar-refractivity contribution in [2.45, 2.75) is 26.9 Å². The van der Waals surface area contributed by atoms with Gasteiger partial charge in [-0.05, 0) is 32.4 Å². The monoisotopic (exact) mass is 252 g/mol. The quantitative estimate of drug-likeness (QED) is 0.886. The Hall–Kier alpha value is -1.68. The maximum atomic E-state index is 13.6. The largest absolute Gasteiger partial charge is 0.466 e. The molecule has 18 heavy (non-hydrogen) atoms. The Morgan fingerprint density at radius 3 is 2.33 bits per heavy atom. The first-order chi connectivity index (χ1) is 8.43. The van der Waals surface area contributed by atoms with Crippen LogP contribution >= 0.6 is 0 Å². The first-order valence-electron chi connectivity index (χ1n) is 5.62. The first kappa shape index (κ1) is 12.8. The predicted octanol–water partition coefficient (Wildman–Crippen LogP) is 3.56. The lowest BCUT2D eigenvalue weighted by Gasteiger charge is -2.12. The van der Waals surface area contributed by atoms with Crippen LogP contribution in [0.4, 0.5) is 8.78 Å². The number of aliphatic hydroxyl groups excluding tert-OH is 1. The molecule has 0 aliphatic rings. The summed E-state index contributed by atoms with van der Waals surface area (Å²) in [6.07, 6.45) is -1.22. The summed E-state index contributed by atoms with van der Waals surface area (Å²) >= 11 is 0. The van der Waals surface area contributed by atoms with Crippen LogP contribution < -0.4 is 0 Å². The van der Waals surface area contributed by atoms with E-state index in [1.165, 1.54) is 12.1 Å². The topological polar surface area (TPSA) is 33.4 Å². The lowest BCUT2D eigenvalue weighted by atomic mass is 9.97. The SMILES string of the molecule is Cc1oc(C)c(C(O)c2cccc(F)c2F)c1C. The second-order valence-electron chi connectivity index (χ2n) is 4.30. The van der Waals surface area contributed by atoms with Crippen LogP contribution in [0.1, 0.15) is 34.3 Å². The van der Waals surface area contributed by atoms with Crippen LogP contribution in [0.3, 0.4) is 0 Å². The molecule has 0 spiro atoms. The molecule has 0 bridgehead atoms. The summed E-state index contributed by atoms with van der Waals surface area (Å²) in [5.41, 5.74) is 1.17. The Labute approximate surface area is 104 Å². The summed E-state index contributed by atoms with van der Waals surface area (Å²) in [6.45, 7) is 5.23. The third-order valence-corrected chi connectivity index (χ3v) is 3.17. The van der Waals surface area contributed by atoms with Crippen molar-refractivity contribution in [2.24, 2.45) is 0 Å². The Kier molecular flexibility index (Phi) is 3.22. The average molecular weight is 252 g/mol. The number of hydrogen-bond acceptors (Lipinski definition) is 2. The van der Waals surface area contributed by atoms with E-state index < -0.39 is 17.7 Å². The van der Waals surface area contributed by atoms with Gasteiger partial charge in [0, 0.05) is 11.1 Å². The summed E-state index contributed by atoms with van der Waals surface area (Å²) in [6, 6.07) is 3.75. The number of aryl methyl sites for hydroxylation is 2. The molecule has 0 aliphatic carbocycles. The van der Waals surface area contributed by atoms with Gasteiger partial charge in [0.1, 0.15) is 17.6 Å². The van der Waals surface area contributed by atoms with E-state index in [0.29, 0.717) is 17.1 Å². The molecule has 2 nitrogen and oxygen atoms in total. The number of hydrogen-bond donors (Lipinski definition) is 1. The highest BCUT2D eigenvalue weighted by Crippen LogP contribution is 2.32. The van der Waals surface area contributed by atoms with E-state index in [9.17, 15) is 13.9 Å². The van der Waals surface area contributed by atoms with E-state index >= 15 is 0 Å². The van der Waals surface area contributed by atoms with Gasteiger partial charge in [0.25, 0.3) is 0 Å². The molecule has 1 unspecified atom stereocenters. The third kappa shape index (κ3) is 1.93. The Morgan fingerprint density at radius 1 is 1.11 bits per heavy atom. The van der Waals surface area contributed by atoms with Gasteiger partial charge in [-0.15, -0.1) is 0 Å². The molecule has 2 aromatic rings.